The van der Waals surface area contributed by atoms with E-state index < -0.39 is 0 Å². The number of rotatable bonds is 5. The van der Waals surface area contributed by atoms with E-state index in [0.717, 1.165) is 12.8 Å². The number of anilines is 1. The molecule has 0 aromatic carbocycles. The van der Waals surface area contributed by atoms with Crippen molar-refractivity contribution in [2.45, 2.75) is 40.2 Å². The van der Waals surface area contributed by atoms with Crippen molar-refractivity contribution in [3.8, 4) is 0 Å². The number of ether oxygens (including phenoxy) is 1. The predicted molar refractivity (Wildman–Crippen MR) is 62.2 cm³/mol. The molecule has 0 unspecified atom stereocenters. The molecule has 0 fully saturated rings. The van der Waals surface area contributed by atoms with E-state index in [2.05, 4.69) is 5.10 Å². The number of hydrogen-bond donors (Lipinski definition) is 1. The third-order valence-electron chi connectivity index (χ3n) is 2.40. The molecule has 5 heteroatoms. The van der Waals surface area contributed by atoms with Gasteiger partial charge >= 0.3 is 5.97 Å². The van der Waals surface area contributed by atoms with Crippen molar-refractivity contribution in [3.63, 3.8) is 0 Å². The number of carbonyl (C=O) groups excluding carboxylic acids is 1. The van der Waals surface area contributed by atoms with E-state index in [1.165, 1.54) is 0 Å². The zero-order chi connectivity index (χ0) is 12.1. The van der Waals surface area contributed by atoms with Gasteiger partial charge in [0, 0.05) is 6.54 Å². The fourth-order valence-electron chi connectivity index (χ4n) is 1.42. The van der Waals surface area contributed by atoms with Gasteiger partial charge in [-0.15, -0.1) is 0 Å². The largest absolute Gasteiger partial charge is 0.461 e. The Labute approximate surface area is 95.6 Å². The molecule has 0 aliphatic heterocycles. The average molecular weight is 225 g/mol. The monoisotopic (exact) mass is 225 g/mol. The summed E-state index contributed by atoms with van der Waals surface area (Å²) in [6.45, 7) is 6.78. The Balaban J connectivity index is 2.81. The summed E-state index contributed by atoms with van der Waals surface area (Å²) in [5, 5.41) is 4.17. The number of nitrogen functional groups attached to an aromatic ring is 1. The number of nitrogens with zero attached hydrogens (tertiary/aromatic N) is 2. The van der Waals surface area contributed by atoms with E-state index in [4.69, 9.17) is 10.5 Å². The van der Waals surface area contributed by atoms with Gasteiger partial charge in [0.25, 0.3) is 0 Å². The van der Waals surface area contributed by atoms with Gasteiger partial charge in [0.05, 0.1) is 18.0 Å². The van der Waals surface area contributed by atoms with Crippen LogP contribution in [-0.4, -0.2) is 22.4 Å². The fraction of sp³-hybridized carbons (Fsp3) is 0.636. The van der Waals surface area contributed by atoms with Gasteiger partial charge in [-0.05, 0) is 20.3 Å². The molecular formula is C11H19N3O2. The molecule has 16 heavy (non-hydrogen) atoms. The fourth-order valence-corrected chi connectivity index (χ4v) is 1.42. The lowest BCUT2D eigenvalue weighted by molar-refractivity contribution is 0.0487. The SMILES string of the molecule is CCCCOC(=O)c1c(N)c(C)nn1CC. The van der Waals surface area contributed by atoms with Crippen molar-refractivity contribution in [2.24, 2.45) is 0 Å². The van der Waals surface area contributed by atoms with Crippen LogP contribution < -0.4 is 5.73 Å². The molecular weight excluding hydrogens is 206 g/mol. The number of carbonyl (C=O) groups is 1. The number of nitrogens with two attached hydrogens (primary N) is 1. The number of esters is 1. The first-order valence-corrected chi connectivity index (χ1v) is 5.61. The second kappa shape index (κ2) is 5.53. The highest BCUT2D eigenvalue weighted by atomic mass is 16.5. The molecule has 90 valence electrons. The summed E-state index contributed by atoms with van der Waals surface area (Å²) in [5.74, 6) is -0.381. The maximum atomic E-state index is 11.8. The molecule has 0 radical (unpaired) electrons. The van der Waals surface area contributed by atoms with Crippen molar-refractivity contribution in [3.05, 3.63) is 11.4 Å². The highest BCUT2D eigenvalue weighted by Gasteiger charge is 2.20. The second-order valence-corrected chi connectivity index (χ2v) is 3.65. The van der Waals surface area contributed by atoms with Crippen LogP contribution in [0.2, 0.25) is 0 Å². The molecule has 1 aromatic rings. The first kappa shape index (κ1) is 12.5. The summed E-state index contributed by atoms with van der Waals surface area (Å²) in [5.41, 5.74) is 7.26. The first-order chi connectivity index (χ1) is 7.61. The van der Waals surface area contributed by atoms with Crippen LogP contribution in [0.4, 0.5) is 5.69 Å². The number of hydrogen-bond acceptors (Lipinski definition) is 4. The van der Waals surface area contributed by atoms with Crippen LogP contribution in [-0.2, 0) is 11.3 Å². The third kappa shape index (κ3) is 2.53. The van der Waals surface area contributed by atoms with Crippen molar-refractivity contribution >= 4 is 11.7 Å². The van der Waals surface area contributed by atoms with Crippen LogP contribution in [0.25, 0.3) is 0 Å². The smallest absolute Gasteiger partial charge is 0.358 e. The molecule has 1 heterocycles. The van der Waals surface area contributed by atoms with E-state index in [-0.39, 0.29) is 5.97 Å². The summed E-state index contributed by atoms with van der Waals surface area (Å²) in [6, 6.07) is 0. The third-order valence-corrected chi connectivity index (χ3v) is 2.40. The van der Waals surface area contributed by atoms with Crippen molar-refractivity contribution in [1.29, 1.82) is 0 Å². The zero-order valence-electron chi connectivity index (χ0n) is 10.1. The van der Waals surface area contributed by atoms with Gasteiger partial charge in [-0.3, -0.25) is 4.68 Å². The summed E-state index contributed by atoms with van der Waals surface area (Å²) in [4.78, 5) is 11.8. The predicted octanol–water partition coefficient (Wildman–Crippen LogP) is 1.75. The normalized spacial score (nSPS) is 10.4. The maximum absolute atomic E-state index is 11.8. The lowest BCUT2D eigenvalue weighted by Crippen LogP contribution is -2.14. The Morgan fingerprint density at radius 3 is 2.75 bits per heavy atom. The molecule has 1 aromatic heterocycles. The number of aryl methyl sites for hydroxylation is 2. The van der Waals surface area contributed by atoms with E-state index >= 15 is 0 Å². The summed E-state index contributed by atoms with van der Waals surface area (Å²) in [7, 11) is 0. The lowest BCUT2D eigenvalue weighted by atomic mass is 10.3. The molecule has 1 rings (SSSR count). The number of unbranched alkanes of at least 4 members (excludes halogenated alkanes) is 1. The van der Waals surface area contributed by atoms with Gasteiger partial charge in [-0.2, -0.15) is 5.10 Å². The van der Waals surface area contributed by atoms with Gasteiger partial charge < -0.3 is 10.5 Å². The molecule has 0 saturated heterocycles. The molecule has 5 nitrogen and oxygen atoms in total. The van der Waals surface area contributed by atoms with Crippen molar-refractivity contribution in [1.82, 2.24) is 9.78 Å². The minimum atomic E-state index is -0.381. The average Bonchev–Trinajstić information content (AvgIpc) is 2.55. The standard InChI is InChI=1S/C11H19N3O2/c1-4-6-7-16-11(15)10-9(12)8(3)13-14(10)5-2/h4-7,12H2,1-3H3. The Morgan fingerprint density at radius 1 is 1.50 bits per heavy atom. The minimum absolute atomic E-state index is 0.371. The Kier molecular flexibility index (Phi) is 4.34. The van der Waals surface area contributed by atoms with E-state index in [9.17, 15) is 4.79 Å². The Hall–Kier alpha value is -1.52. The van der Waals surface area contributed by atoms with Gasteiger partial charge in [-0.25, -0.2) is 4.79 Å². The first-order valence-electron chi connectivity index (χ1n) is 5.61. The molecule has 2 N–H and O–H groups in total. The Morgan fingerprint density at radius 2 is 2.19 bits per heavy atom. The molecule has 0 amide bonds. The van der Waals surface area contributed by atoms with Gasteiger partial charge in [0.2, 0.25) is 0 Å². The van der Waals surface area contributed by atoms with E-state index in [1.807, 2.05) is 13.8 Å². The highest BCUT2D eigenvalue weighted by molar-refractivity contribution is 5.93. The lowest BCUT2D eigenvalue weighted by Gasteiger charge is -2.06. The van der Waals surface area contributed by atoms with Crippen molar-refractivity contribution in [2.75, 3.05) is 12.3 Å². The van der Waals surface area contributed by atoms with Gasteiger partial charge in [0.1, 0.15) is 0 Å². The van der Waals surface area contributed by atoms with Crippen LogP contribution in [0, 0.1) is 6.92 Å². The van der Waals surface area contributed by atoms with Gasteiger partial charge in [-0.1, -0.05) is 13.3 Å². The topological polar surface area (TPSA) is 70.1 Å². The highest BCUT2D eigenvalue weighted by Crippen LogP contribution is 2.17. The number of aromatic nitrogens is 2. The molecule has 0 saturated carbocycles. The van der Waals surface area contributed by atoms with Gasteiger partial charge in [0.15, 0.2) is 5.69 Å². The molecule has 0 spiro atoms. The molecule has 0 atom stereocenters. The van der Waals surface area contributed by atoms with Crippen LogP contribution in [0.5, 0.6) is 0 Å². The Bertz CT molecular complexity index is 372. The zero-order valence-corrected chi connectivity index (χ0v) is 10.1. The molecule has 0 aliphatic carbocycles. The summed E-state index contributed by atoms with van der Waals surface area (Å²) in [6.07, 6.45) is 1.86. The summed E-state index contributed by atoms with van der Waals surface area (Å²) >= 11 is 0. The summed E-state index contributed by atoms with van der Waals surface area (Å²) < 4.78 is 6.71. The maximum Gasteiger partial charge on any atom is 0.358 e. The van der Waals surface area contributed by atoms with E-state index in [0.29, 0.717) is 30.2 Å². The van der Waals surface area contributed by atoms with Crippen molar-refractivity contribution < 1.29 is 9.53 Å². The van der Waals surface area contributed by atoms with Crippen LogP contribution in [0.1, 0.15) is 42.9 Å². The van der Waals surface area contributed by atoms with Crippen LogP contribution in [0.3, 0.4) is 0 Å². The van der Waals surface area contributed by atoms with Crippen LogP contribution in [0.15, 0.2) is 0 Å². The quantitative estimate of drug-likeness (QED) is 0.612. The molecule has 0 bridgehead atoms. The van der Waals surface area contributed by atoms with E-state index in [1.54, 1.807) is 11.6 Å². The molecule has 0 aliphatic rings. The second-order valence-electron chi connectivity index (χ2n) is 3.65. The minimum Gasteiger partial charge on any atom is -0.461 e. The van der Waals surface area contributed by atoms with Crippen LogP contribution >= 0.6 is 0 Å².